The molecule has 0 radical (unpaired) electrons. The number of aryl methyl sites for hydroxylation is 3. The lowest BCUT2D eigenvalue weighted by molar-refractivity contribution is 0.0473. The average molecular weight is 457 g/mol. The quantitative estimate of drug-likeness (QED) is 0.439. The van der Waals surface area contributed by atoms with Crippen molar-refractivity contribution in [3.05, 3.63) is 59.8 Å². The molecule has 160 valence electrons. The van der Waals surface area contributed by atoms with Crippen LogP contribution in [0.1, 0.15) is 51.7 Å². The molecule has 0 saturated carbocycles. The first-order valence-corrected chi connectivity index (χ1v) is 11.8. The van der Waals surface area contributed by atoms with Crippen molar-refractivity contribution in [3.63, 3.8) is 0 Å². The Morgan fingerprint density at radius 3 is 2.87 bits per heavy atom. The van der Waals surface area contributed by atoms with E-state index in [1.54, 1.807) is 11.5 Å². The zero-order valence-electron chi connectivity index (χ0n) is 17.1. The van der Waals surface area contributed by atoms with Crippen LogP contribution in [0.25, 0.3) is 15.2 Å². The van der Waals surface area contributed by atoms with Gasteiger partial charge in [-0.1, -0.05) is 6.42 Å². The zero-order chi connectivity index (χ0) is 21.7. The number of esters is 1. The number of fused-ring (bicyclic) bond motifs is 3. The highest BCUT2D eigenvalue weighted by molar-refractivity contribution is 7.20. The molecule has 0 saturated heterocycles. The summed E-state index contributed by atoms with van der Waals surface area (Å²) in [6.45, 7) is 4.15. The molecule has 1 aliphatic rings. The molecule has 31 heavy (non-hydrogen) atoms. The van der Waals surface area contributed by atoms with Crippen molar-refractivity contribution in [1.29, 1.82) is 0 Å². The Bertz CT molecular complexity index is 1460. The summed E-state index contributed by atoms with van der Waals surface area (Å²) in [5.41, 5.74) is 1.52. The predicted molar refractivity (Wildman–Crippen MR) is 119 cm³/mol. The number of carbonyl (C=O) groups excluding carboxylic acids is 1. The highest BCUT2D eigenvalue weighted by Crippen LogP contribution is 2.29. The molecule has 8 nitrogen and oxygen atoms in total. The van der Waals surface area contributed by atoms with Crippen molar-refractivity contribution in [2.75, 3.05) is 0 Å². The van der Waals surface area contributed by atoms with Crippen LogP contribution in [0.3, 0.4) is 0 Å². The van der Waals surface area contributed by atoms with Gasteiger partial charge in [0.25, 0.3) is 11.1 Å². The fourth-order valence-corrected chi connectivity index (χ4v) is 5.96. The van der Waals surface area contributed by atoms with Crippen molar-refractivity contribution in [2.24, 2.45) is 0 Å². The van der Waals surface area contributed by atoms with E-state index >= 15 is 0 Å². The molecule has 0 amide bonds. The lowest BCUT2D eigenvalue weighted by atomic mass is 10.2. The summed E-state index contributed by atoms with van der Waals surface area (Å²) in [6.07, 6.45) is 3.83. The van der Waals surface area contributed by atoms with Crippen molar-refractivity contribution in [2.45, 2.75) is 52.7 Å². The summed E-state index contributed by atoms with van der Waals surface area (Å²) in [4.78, 5) is 48.7. The van der Waals surface area contributed by atoms with Crippen molar-refractivity contribution in [1.82, 2.24) is 18.9 Å². The molecule has 0 bridgehead atoms. The Hall–Kier alpha value is -2.85. The second-order valence-electron chi connectivity index (χ2n) is 7.69. The minimum Gasteiger partial charge on any atom is -0.455 e. The maximum absolute atomic E-state index is 13.1. The molecule has 1 aliphatic heterocycles. The molecule has 0 spiro atoms. The topological polar surface area (TPSA) is 95.6 Å². The second kappa shape index (κ2) is 7.69. The number of hydrogen-bond acceptors (Lipinski definition) is 8. The number of rotatable bonds is 3. The first-order valence-electron chi connectivity index (χ1n) is 10.1. The first-order chi connectivity index (χ1) is 14.9. The van der Waals surface area contributed by atoms with Gasteiger partial charge in [0.15, 0.2) is 4.96 Å². The molecule has 4 aromatic rings. The molecular weight excluding hydrogens is 436 g/mol. The summed E-state index contributed by atoms with van der Waals surface area (Å²) in [5, 5.41) is 2.35. The second-order valence-corrected chi connectivity index (χ2v) is 9.52. The molecule has 5 rings (SSSR count). The Morgan fingerprint density at radius 2 is 2.03 bits per heavy atom. The monoisotopic (exact) mass is 456 g/mol. The predicted octanol–water partition coefficient (Wildman–Crippen LogP) is 3.23. The molecule has 5 heterocycles. The number of carbonyl (C=O) groups is 1. The van der Waals surface area contributed by atoms with E-state index in [2.05, 4.69) is 9.97 Å². The number of nitrogens with zero attached hydrogens (tertiary/aromatic N) is 4. The number of thiazole rings is 1. The highest BCUT2D eigenvalue weighted by Gasteiger charge is 2.23. The van der Waals surface area contributed by atoms with Gasteiger partial charge in [-0.15, -0.1) is 22.7 Å². The molecular formula is C21H20N4O4S2. The Balaban J connectivity index is 1.45. The van der Waals surface area contributed by atoms with E-state index < -0.39 is 5.97 Å². The molecule has 4 aromatic heterocycles. The molecule has 0 unspecified atom stereocenters. The number of ether oxygens (including phenoxy) is 1. The van der Waals surface area contributed by atoms with Crippen LogP contribution in [0.15, 0.2) is 21.0 Å². The third-order valence-corrected chi connectivity index (χ3v) is 7.69. The van der Waals surface area contributed by atoms with Gasteiger partial charge in [0.1, 0.15) is 22.1 Å². The van der Waals surface area contributed by atoms with Gasteiger partial charge in [0, 0.05) is 30.1 Å². The lowest BCUT2D eigenvalue weighted by Crippen LogP contribution is -2.24. The van der Waals surface area contributed by atoms with Gasteiger partial charge in [0.2, 0.25) is 0 Å². The molecule has 10 heteroatoms. The van der Waals surface area contributed by atoms with Crippen LogP contribution in [0.2, 0.25) is 0 Å². The smallest absolute Gasteiger partial charge is 0.349 e. The standard InChI is InChI=1S/C21H20N4O4S2/c1-11-10-30-21-22-13(8-15(26)25(11)21)9-29-20(28)17-12(2)16-18(31-17)23-14-6-4-3-5-7-24(14)19(16)27/h8,10H,3-7,9H2,1-2H3. The van der Waals surface area contributed by atoms with Crippen LogP contribution in [-0.4, -0.2) is 24.9 Å². The van der Waals surface area contributed by atoms with Gasteiger partial charge in [-0.2, -0.15) is 0 Å². The fourth-order valence-electron chi connectivity index (χ4n) is 3.98. The van der Waals surface area contributed by atoms with E-state index in [0.29, 0.717) is 37.9 Å². The fraction of sp³-hybridized carbons (Fsp3) is 0.381. The van der Waals surface area contributed by atoms with E-state index in [-0.39, 0.29) is 17.7 Å². The van der Waals surface area contributed by atoms with Gasteiger partial charge in [0.05, 0.1) is 11.1 Å². The Labute approximate surface area is 184 Å². The van der Waals surface area contributed by atoms with Crippen LogP contribution in [0.5, 0.6) is 0 Å². The SMILES string of the molecule is Cc1c(C(=O)OCc2cc(=O)n3c(C)csc3n2)sc2nc3n(c(=O)c12)CCCCC3. The van der Waals surface area contributed by atoms with E-state index in [4.69, 9.17) is 4.74 Å². The molecule has 0 N–H and O–H groups in total. The van der Waals surface area contributed by atoms with Crippen molar-refractivity contribution in [3.8, 4) is 0 Å². The van der Waals surface area contributed by atoms with Gasteiger partial charge < -0.3 is 4.74 Å². The van der Waals surface area contributed by atoms with E-state index in [1.807, 2.05) is 12.3 Å². The number of hydrogen-bond donors (Lipinski definition) is 0. The van der Waals surface area contributed by atoms with Crippen LogP contribution in [0, 0.1) is 13.8 Å². The van der Waals surface area contributed by atoms with E-state index in [1.165, 1.54) is 33.1 Å². The molecule has 0 fully saturated rings. The Morgan fingerprint density at radius 1 is 1.19 bits per heavy atom. The zero-order valence-corrected chi connectivity index (χ0v) is 18.8. The summed E-state index contributed by atoms with van der Waals surface area (Å²) in [7, 11) is 0. The number of thiophene rings is 1. The minimum atomic E-state index is -0.538. The normalized spacial score (nSPS) is 14.0. The minimum absolute atomic E-state index is 0.0806. The summed E-state index contributed by atoms with van der Waals surface area (Å²) >= 11 is 2.55. The van der Waals surface area contributed by atoms with Crippen LogP contribution >= 0.6 is 22.7 Å². The van der Waals surface area contributed by atoms with Crippen molar-refractivity contribution < 1.29 is 9.53 Å². The third kappa shape index (κ3) is 3.39. The molecule has 0 aliphatic carbocycles. The van der Waals surface area contributed by atoms with Crippen LogP contribution in [0.4, 0.5) is 0 Å². The molecule has 0 atom stereocenters. The Kier molecular flexibility index (Phi) is 4.98. The summed E-state index contributed by atoms with van der Waals surface area (Å²) < 4.78 is 8.72. The highest BCUT2D eigenvalue weighted by atomic mass is 32.1. The summed E-state index contributed by atoms with van der Waals surface area (Å²) in [5.74, 6) is 0.254. The molecule has 0 aromatic carbocycles. The van der Waals surface area contributed by atoms with Crippen LogP contribution < -0.4 is 11.1 Å². The summed E-state index contributed by atoms with van der Waals surface area (Å²) in [6, 6.07) is 1.38. The maximum Gasteiger partial charge on any atom is 0.349 e. The largest absolute Gasteiger partial charge is 0.455 e. The van der Waals surface area contributed by atoms with E-state index in [9.17, 15) is 14.4 Å². The van der Waals surface area contributed by atoms with Gasteiger partial charge in [-0.05, 0) is 32.3 Å². The van der Waals surface area contributed by atoms with Crippen molar-refractivity contribution >= 4 is 43.8 Å². The van der Waals surface area contributed by atoms with Gasteiger partial charge >= 0.3 is 5.97 Å². The van der Waals surface area contributed by atoms with Gasteiger partial charge in [-0.3, -0.25) is 18.6 Å². The maximum atomic E-state index is 13.1. The van der Waals surface area contributed by atoms with E-state index in [0.717, 1.165) is 37.2 Å². The third-order valence-electron chi connectivity index (χ3n) is 5.58. The lowest BCUT2D eigenvalue weighted by Gasteiger charge is -2.08. The van der Waals surface area contributed by atoms with Gasteiger partial charge in [-0.25, -0.2) is 14.8 Å². The average Bonchev–Trinajstić information content (AvgIpc) is 3.17. The number of aromatic nitrogens is 4. The first kappa shape index (κ1) is 20.1. The van der Waals surface area contributed by atoms with Crippen LogP contribution in [-0.2, 0) is 24.3 Å².